The van der Waals surface area contributed by atoms with Crippen molar-refractivity contribution in [3.63, 3.8) is 0 Å². The fourth-order valence-corrected chi connectivity index (χ4v) is 0.887. The topological polar surface area (TPSA) is 39.2 Å². The van der Waals surface area contributed by atoms with Crippen LogP contribution in [-0.4, -0.2) is 17.6 Å². The number of aldehydes is 1. The molecule has 0 radical (unpaired) electrons. The Hall–Kier alpha value is -1.59. The Morgan fingerprint density at radius 1 is 1.50 bits per heavy atom. The maximum Gasteiger partial charge on any atom is 0.573 e. The van der Waals surface area contributed by atoms with Crippen molar-refractivity contribution in [3.8, 4) is 5.75 Å². The summed E-state index contributed by atoms with van der Waals surface area (Å²) in [4.78, 5) is 13.9. The van der Waals surface area contributed by atoms with Crippen molar-refractivity contribution in [3.05, 3.63) is 23.5 Å². The Morgan fingerprint density at radius 3 is 2.64 bits per heavy atom. The van der Waals surface area contributed by atoms with Gasteiger partial charge in [0.1, 0.15) is 11.4 Å². The summed E-state index contributed by atoms with van der Waals surface area (Å²) in [7, 11) is 0. The van der Waals surface area contributed by atoms with E-state index in [0.29, 0.717) is 6.29 Å². The quantitative estimate of drug-likeness (QED) is 0.694. The number of pyridine rings is 1. The second-order valence-electron chi connectivity index (χ2n) is 2.48. The number of carbonyl (C=O) groups excluding carboxylic acids is 1. The Morgan fingerprint density at radius 2 is 2.14 bits per heavy atom. The van der Waals surface area contributed by atoms with Gasteiger partial charge in [-0.05, 0) is 13.0 Å². The molecule has 0 bridgehead atoms. The van der Waals surface area contributed by atoms with Crippen molar-refractivity contribution in [2.24, 2.45) is 0 Å². The molecule has 14 heavy (non-hydrogen) atoms. The van der Waals surface area contributed by atoms with Gasteiger partial charge in [-0.2, -0.15) is 0 Å². The Bertz CT molecular complexity index is 349. The third-order valence-electron chi connectivity index (χ3n) is 1.53. The lowest BCUT2D eigenvalue weighted by molar-refractivity contribution is -0.274. The third-order valence-corrected chi connectivity index (χ3v) is 1.53. The van der Waals surface area contributed by atoms with E-state index in [1.807, 2.05) is 0 Å². The summed E-state index contributed by atoms with van der Waals surface area (Å²) in [5.74, 6) is -0.408. The average Bonchev–Trinajstić information content (AvgIpc) is 2.06. The lowest BCUT2D eigenvalue weighted by Crippen LogP contribution is -2.18. The van der Waals surface area contributed by atoms with E-state index in [-0.39, 0.29) is 11.3 Å². The van der Waals surface area contributed by atoms with Crippen molar-refractivity contribution in [1.82, 2.24) is 4.98 Å². The van der Waals surface area contributed by atoms with Gasteiger partial charge in [0, 0.05) is 11.8 Å². The van der Waals surface area contributed by atoms with Crippen LogP contribution < -0.4 is 4.74 Å². The summed E-state index contributed by atoms with van der Waals surface area (Å²) in [6.45, 7) is 1.33. The van der Waals surface area contributed by atoms with Crippen LogP contribution in [0.2, 0.25) is 0 Å². The number of carbonyl (C=O) groups is 1. The lowest BCUT2D eigenvalue weighted by Gasteiger charge is -2.11. The van der Waals surface area contributed by atoms with Gasteiger partial charge in [-0.3, -0.25) is 9.78 Å². The molecule has 6 heteroatoms. The Labute approximate surface area is 77.5 Å². The number of rotatable bonds is 2. The second kappa shape index (κ2) is 3.65. The number of alkyl halides is 3. The van der Waals surface area contributed by atoms with Gasteiger partial charge >= 0.3 is 6.36 Å². The molecule has 0 aliphatic carbocycles. The van der Waals surface area contributed by atoms with E-state index in [9.17, 15) is 18.0 Å². The largest absolute Gasteiger partial charge is 0.573 e. The monoisotopic (exact) mass is 205 g/mol. The minimum Gasteiger partial charge on any atom is -0.405 e. The highest BCUT2D eigenvalue weighted by molar-refractivity contribution is 5.75. The van der Waals surface area contributed by atoms with Crippen LogP contribution in [0.3, 0.4) is 0 Å². The van der Waals surface area contributed by atoms with Crippen LogP contribution >= 0.6 is 0 Å². The maximum atomic E-state index is 11.8. The van der Waals surface area contributed by atoms with Crippen molar-refractivity contribution in [2.75, 3.05) is 0 Å². The summed E-state index contributed by atoms with van der Waals surface area (Å²) >= 11 is 0. The van der Waals surface area contributed by atoms with Gasteiger partial charge in [0.2, 0.25) is 0 Å². The average molecular weight is 205 g/mol. The number of hydrogen-bond acceptors (Lipinski definition) is 3. The first-order valence-corrected chi connectivity index (χ1v) is 3.60. The summed E-state index contributed by atoms with van der Waals surface area (Å²) in [6, 6.07) is 1.05. The molecule has 0 spiro atoms. The lowest BCUT2D eigenvalue weighted by atomic mass is 10.2. The Kier molecular flexibility index (Phi) is 2.73. The fraction of sp³-hybridized carbons (Fsp3) is 0.250. The molecule has 1 aromatic rings. The SMILES string of the molecule is Cc1c(OC(F)(F)F)ccnc1C=O. The van der Waals surface area contributed by atoms with E-state index in [4.69, 9.17) is 0 Å². The molecule has 1 rings (SSSR count). The normalized spacial score (nSPS) is 11.1. The van der Waals surface area contributed by atoms with Gasteiger partial charge in [0.05, 0.1) is 0 Å². The highest BCUT2D eigenvalue weighted by Crippen LogP contribution is 2.26. The number of ether oxygens (including phenoxy) is 1. The molecule has 0 saturated carbocycles. The predicted octanol–water partition coefficient (Wildman–Crippen LogP) is 2.10. The first-order valence-electron chi connectivity index (χ1n) is 3.60. The highest BCUT2D eigenvalue weighted by Gasteiger charge is 2.32. The van der Waals surface area contributed by atoms with Gasteiger partial charge < -0.3 is 4.74 Å². The molecular formula is C8H6F3NO2. The molecule has 0 N–H and O–H groups in total. The van der Waals surface area contributed by atoms with Crippen LogP contribution in [0, 0.1) is 6.92 Å². The standard InChI is InChI=1S/C8H6F3NO2/c1-5-6(4-13)12-3-2-7(5)14-8(9,10)11/h2-4H,1H3. The van der Waals surface area contributed by atoms with Crippen LogP contribution in [0.1, 0.15) is 16.1 Å². The van der Waals surface area contributed by atoms with Crippen molar-refractivity contribution in [1.29, 1.82) is 0 Å². The molecular weight excluding hydrogens is 199 g/mol. The highest BCUT2D eigenvalue weighted by atomic mass is 19.4. The van der Waals surface area contributed by atoms with Crippen molar-refractivity contribution in [2.45, 2.75) is 13.3 Å². The Balaban J connectivity index is 3.04. The number of nitrogens with zero attached hydrogens (tertiary/aromatic N) is 1. The van der Waals surface area contributed by atoms with Crippen LogP contribution in [0.5, 0.6) is 5.75 Å². The van der Waals surface area contributed by atoms with Gasteiger partial charge in [-0.1, -0.05) is 0 Å². The van der Waals surface area contributed by atoms with Crippen LogP contribution in [0.15, 0.2) is 12.3 Å². The van der Waals surface area contributed by atoms with Gasteiger partial charge in [0.15, 0.2) is 6.29 Å². The first-order chi connectivity index (χ1) is 6.44. The van der Waals surface area contributed by atoms with Crippen LogP contribution in [-0.2, 0) is 0 Å². The zero-order valence-electron chi connectivity index (χ0n) is 7.13. The molecule has 0 aromatic carbocycles. The van der Waals surface area contributed by atoms with Gasteiger partial charge in [-0.25, -0.2) is 0 Å². The molecule has 0 saturated heterocycles. The van der Waals surface area contributed by atoms with E-state index in [2.05, 4.69) is 9.72 Å². The van der Waals surface area contributed by atoms with E-state index >= 15 is 0 Å². The minimum absolute atomic E-state index is 0.0632. The van der Waals surface area contributed by atoms with Gasteiger partial charge in [-0.15, -0.1) is 13.2 Å². The van der Waals surface area contributed by atoms with E-state index < -0.39 is 12.1 Å². The number of hydrogen-bond donors (Lipinski definition) is 0. The van der Waals surface area contributed by atoms with Crippen molar-refractivity contribution < 1.29 is 22.7 Å². The zero-order valence-corrected chi connectivity index (χ0v) is 7.13. The molecule has 0 aliphatic rings. The molecule has 3 nitrogen and oxygen atoms in total. The molecule has 76 valence electrons. The van der Waals surface area contributed by atoms with E-state index in [1.54, 1.807) is 0 Å². The molecule has 0 atom stereocenters. The summed E-state index contributed by atoms with van der Waals surface area (Å²) in [5, 5.41) is 0. The molecule has 1 aromatic heterocycles. The molecule has 0 aliphatic heterocycles. The fourth-order valence-electron chi connectivity index (χ4n) is 0.887. The van der Waals surface area contributed by atoms with E-state index in [1.165, 1.54) is 6.92 Å². The third kappa shape index (κ3) is 2.45. The van der Waals surface area contributed by atoms with Crippen LogP contribution in [0.25, 0.3) is 0 Å². The van der Waals surface area contributed by atoms with Crippen LogP contribution in [0.4, 0.5) is 13.2 Å². The smallest absolute Gasteiger partial charge is 0.405 e. The maximum absolute atomic E-state index is 11.8. The summed E-state index contributed by atoms with van der Waals surface area (Å²) in [5.41, 5.74) is 0.00609. The summed E-state index contributed by atoms with van der Waals surface area (Å²) < 4.78 is 39.2. The molecule has 1 heterocycles. The predicted molar refractivity (Wildman–Crippen MR) is 41.0 cm³/mol. The van der Waals surface area contributed by atoms with E-state index in [0.717, 1.165) is 12.3 Å². The molecule has 0 unspecified atom stereocenters. The van der Waals surface area contributed by atoms with Gasteiger partial charge in [0.25, 0.3) is 0 Å². The molecule has 0 fully saturated rings. The second-order valence-corrected chi connectivity index (χ2v) is 2.48. The molecule has 0 amide bonds. The first kappa shape index (κ1) is 10.5. The number of aromatic nitrogens is 1. The summed E-state index contributed by atoms with van der Waals surface area (Å²) in [6.07, 6.45) is -3.30. The zero-order chi connectivity index (χ0) is 10.8. The number of halogens is 3. The minimum atomic E-state index is -4.76. The van der Waals surface area contributed by atoms with Crippen molar-refractivity contribution >= 4 is 6.29 Å².